The third kappa shape index (κ3) is 4.32. The molecule has 0 aliphatic heterocycles. The molecule has 5 fully saturated rings. The lowest BCUT2D eigenvalue weighted by Gasteiger charge is -2.58. The summed E-state index contributed by atoms with van der Waals surface area (Å²) < 4.78 is 6.39. The van der Waals surface area contributed by atoms with Gasteiger partial charge in [-0.15, -0.1) is 0 Å². The largest absolute Gasteiger partial charge is 0.492 e. The SMILES string of the molecule is O=C(N[C@H](C(=O)O)C12CC3CC(CC(C3)C1)C2)c1ccc2ccccc2c1OCC1CCCCC1. The van der Waals surface area contributed by atoms with Crippen LogP contribution >= 0.6 is 0 Å². The van der Waals surface area contributed by atoms with Gasteiger partial charge in [0.05, 0.1) is 12.2 Å². The van der Waals surface area contributed by atoms with E-state index in [1.54, 1.807) is 0 Å². The molecule has 35 heavy (non-hydrogen) atoms. The fourth-order valence-corrected chi connectivity index (χ4v) is 8.35. The number of rotatable bonds is 7. The van der Waals surface area contributed by atoms with Crippen LogP contribution in [-0.4, -0.2) is 29.6 Å². The highest BCUT2D eigenvalue weighted by Crippen LogP contribution is 2.61. The van der Waals surface area contributed by atoms with E-state index in [1.165, 1.54) is 51.4 Å². The van der Waals surface area contributed by atoms with Crippen molar-refractivity contribution in [2.75, 3.05) is 6.61 Å². The first-order valence-corrected chi connectivity index (χ1v) is 13.7. The van der Waals surface area contributed by atoms with E-state index in [-0.39, 0.29) is 11.3 Å². The molecule has 0 radical (unpaired) electrons. The Morgan fingerprint density at radius 2 is 1.60 bits per heavy atom. The molecular weight excluding hydrogens is 438 g/mol. The summed E-state index contributed by atoms with van der Waals surface area (Å²) in [6.07, 6.45) is 12.6. The Labute approximate surface area is 207 Å². The molecule has 4 bridgehead atoms. The molecule has 7 rings (SSSR count). The van der Waals surface area contributed by atoms with Crippen LogP contribution in [0.2, 0.25) is 0 Å². The Balaban J connectivity index is 1.29. The van der Waals surface area contributed by atoms with Crippen LogP contribution in [-0.2, 0) is 4.79 Å². The maximum absolute atomic E-state index is 13.7. The second-order valence-electron chi connectivity index (χ2n) is 12.0. The minimum absolute atomic E-state index is 0.309. The number of carbonyl (C=O) groups is 2. The van der Waals surface area contributed by atoms with Gasteiger partial charge >= 0.3 is 5.97 Å². The average Bonchev–Trinajstić information content (AvgIpc) is 2.85. The van der Waals surface area contributed by atoms with Crippen LogP contribution in [0.5, 0.6) is 5.75 Å². The van der Waals surface area contributed by atoms with Crippen molar-refractivity contribution in [3.8, 4) is 5.75 Å². The highest BCUT2D eigenvalue weighted by molar-refractivity contribution is 6.05. The van der Waals surface area contributed by atoms with Gasteiger partial charge in [0.25, 0.3) is 5.91 Å². The maximum atomic E-state index is 13.7. The van der Waals surface area contributed by atoms with Crippen LogP contribution in [0.1, 0.15) is 81.0 Å². The van der Waals surface area contributed by atoms with Gasteiger partial charge in [-0.3, -0.25) is 4.79 Å². The lowest BCUT2D eigenvalue weighted by molar-refractivity contribution is -0.150. The molecule has 5 saturated carbocycles. The Morgan fingerprint density at radius 1 is 0.943 bits per heavy atom. The molecule has 0 aromatic heterocycles. The zero-order valence-electron chi connectivity index (χ0n) is 20.5. The van der Waals surface area contributed by atoms with Gasteiger partial charge in [0.2, 0.25) is 0 Å². The van der Waals surface area contributed by atoms with E-state index >= 15 is 0 Å². The number of carbonyl (C=O) groups excluding carboxylic acids is 1. The second kappa shape index (κ2) is 9.15. The van der Waals surface area contributed by atoms with E-state index < -0.39 is 12.0 Å². The summed E-state index contributed by atoms with van der Waals surface area (Å²) in [5.41, 5.74) is 0.145. The summed E-state index contributed by atoms with van der Waals surface area (Å²) in [6, 6.07) is 10.9. The first-order valence-electron chi connectivity index (χ1n) is 13.7. The molecule has 1 atom stereocenters. The van der Waals surface area contributed by atoms with Crippen LogP contribution in [0.25, 0.3) is 10.8 Å². The molecule has 0 spiro atoms. The average molecular weight is 476 g/mol. The minimum atomic E-state index is -0.897. The molecular formula is C30H37NO4. The van der Waals surface area contributed by atoms with Crippen molar-refractivity contribution in [3.63, 3.8) is 0 Å². The Kier molecular flexibility index (Phi) is 5.98. The Hall–Kier alpha value is -2.56. The standard InChI is InChI=1S/C30H37NO4/c32-28(31-27(29(33)34)30-15-20-12-21(16-30)14-22(13-20)17-30)25-11-10-23-8-4-5-9-24(23)26(25)35-18-19-6-2-1-3-7-19/h4-5,8-11,19-22,27H,1-3,6-7,12-18H2,(H,31,32)(H,33,34)/t20?,21?,22?,27-,30?/m1/s1. The van der Waals surface area contributed by atoms with Crippen molar-refractivity contribution in [2.24, 2.45) is 29.1 Å². The lowest BCUT2D eigenvalue weighted by Crippen LogP contribution is -2.59. The molecule has 2 aromatic rings. The van der Waals surface area contributed by atoms with Crippen LogP contribution in [0.3, 0.4) is 0 Å². The van der Waals surface area contributed by atoms with Gasteiger partial charge in [0.1, 0.15) is 11.8 Å². The number of ether oxygens (including phenoxy) is 1. The van der Waals surface area contributed by atoms with Gasteiger partial charge in [0.15, 0.2) is 0 Å². The minimum Gasteiger partial charge on any atom is -0.492 e. The van der Waals surface area contributed by atoms with Crippen LogP contribution in [0.15, 0.2) is 36.4 Å². The van der Waals surface area contributed by atoms with Crippen LogP contribution < -0.4 is 10.1 Å². The molecule has 186 valence electrons. The first kappa shape index (κ1) is 22.9. The fraction of sp³-hybridized carbons (Fsp3) is 0.600. The number of hydrogen-bond acceptors (Lipinski definition) is 3. The monoisotopic (exact) mass is 475 g/mol. The maximum Gasteiger partial charge on any atom is 0.326 e. The molecule has 2 N–H and O–H groups in total. The molecule has 5 aliphatic rings. The van der Waals surface area contributed by atoms with Gasteiger partial charge in [0, 0.05) is 10.8 Å². The molecule has 0 saturated heterocycles. The predicted octanol–water partition coefficient (Wildman–Crippen LogP) is 6.20. The zero-order chi connectivity index (χ0) is 24.0. The van der Waals surface area contributed by atoms with Gasteiger partial charge in [-0.2, -0.15) is 0 Å². The van der Waals surface area contributed by atoms with Crippen molar-refractivity contribution in [1.82, 2.24) is 5.32 Å². The summed E-state index contributed by atoms with van der Waals surface area (Å²) in [7, 11) is 0. The number of nitrogens with one attached hydrogen (secondary N) is 1. The number of hydrogen-bond donors (Lipinski definition) is 2. The Morgan fingerprint density at radius 3 is 2.26 bits per heavy atom. The number of amides is 1. The molecule has 5 aliphatic carbocycles. The van der Waals surface area contributed by atoms with Crippen LogP contribution in [0, 0.1) is 29.1 Å². The van der Waals surface area contributed by atoms with Crippen molar-refractivity contribution in [3.05, 3.63) is 42.0 Å². The summed E-state index contributed by atoms with van der Waals surface area (Å²) in [4.78, 5) is 26.3. The molecule has 5 heteroatoms. The third-order valence-corrected chi connectivity index (χ3v) is 9.53. The quantitative estimate of drug-likeness (QED) is 0.500. The van der Waals surface area contributed by atoms with E-state index in [1.807, 2.05) is 36.4 Å². The summed E-state index contributed by atoms with van der Waals surface area (Å²) in [6.45, 7) is 0.603. The number of fused-ring (bicyclic) bond motifs is 1. The highest BCUT2D eigenvalue weighted by Gasteiger charge is 2.56. The first-order chi connectivity index (χ1) is 17.0. The van der Waals surface area contributed by atoms with Gasteiger partial charge < -0.3 is 15.2 Å². The predicted molar refractivity (Wildman–Crippen MR) is 136 cm³/mol. The second-order valence-corrected chi connectivity index (χ2v) is 12.0. The smallest absolute Gasteiger partial charge is 0.326 e. The van der Waals surface area contributed by atoms with E-state index in [9.17, 15) is 14.7 Å². The molecule has 1 amide bonds. The molecule has 0 unspecified atom stereocenters. The van der Waals surface area contributed by atoms with Crippen molar-refractivity contribution in [1.29, 1.82) is 0 Å². The molecule has 0 heterocycles. The molecule has 5 nitrogen and oxygen atoms in total. The number of benzene rings is 2. The molecule has 2 aromatic carbocycles. The van der Waals surface area contributed by atoms with Crippen molar-refractivity contribution in [2.45, 2.75) is 76.7 Å². The number of carboxylic acids is 1. The summed E-state index contributed by atoms with van der Waals surface area (Å²) in [5, 5.41) is 15.3. The van der Waals surface area contributed by atoms with Gasteiger partial charge in [-0.1, -0.05) is 49.6 Å². The van der Waals surface area contributed by atoms with E-state index in [0.29, 0.717) is 41.6 Å². The number of aliphatic carboxylic acids is 1. The van der Waals surface area contributed by atoms with Crippen molar-refractivity contribution < 1.29 is 19.4 Å². The topological polar surface area (TPSA) is 75.6 Å². The fourth-order valence-electron chi connectivity index (χ4n) is 8.35. The van der Waals surface area contributed by atoms with Crippen LogP contribution in [0.4, 0.5) is 0 Å². The summed E-state index contributed by atoms with van der Waals surface area (Å²) >= 11 is 0. The third-order valence-electron chi connectivity index (χ3n) is 9.53. The van der Waals surface area contributed by atoms with Gasteiger partial charge in [-0.25, -0.2) is 4.79 Å². The Bertz CT molecular complexity index is 1080. The van der Waals surface area contributed by atoms with Gasteiger partial charge in [-0.05, 0) is 86.5 Å². The lowest BCUT2D eigenvalue weighted by atomic mass is 9.47. The van der Waals surface area contributed by atoms with E-state index in [0.717, 1.165) is 30.0 Å². The normalized spacial score (nSPS) is 30.8. The highest BCUT2D eigenvalue weighted by atomic mass is 16.5. The zero-order valence-corrected chi connectivity index (χ0v) is 20.5. The summed E-state index contributed by atoms with van der Waals surface area (Å²) in [5.74, 6) is 1.75. The number of carboxylic acid groups (broad SMARTS) is 1. The van der Waals surface area contributed by atoms with Crippen molar-refractivity contribution >= 4 is 22.6 Å². The van der Waals surface area contributed by atoms with E-state index in [4.69, 9.17) is 4.74 Å². The van der Waals surface area contributed by atoms with E-state index in [2.05, 4.69) is 5.32 Å².